The van der Waals surface area contributed by atoms with Gasteiger partial charge in [0, 0.05) is 6.54 Å². The second-order valence-electron chi connectivity index (χ2n) is 6.35. The minimum Gasteiger partial charge on any atom is -0.478 e. The van der Waals surface area contributed by atoms with Gasteiger partial charge in [0.1, 0.15) is 5.52 Å². The van der Waals surface area contributed by atoms with Crippen molar-refractivity contribution in [3.63, 3.8) is 0 Å². The first-order valence-corrected chi connectivity index (χ1v) is 7.50. The van der Waals surface area contributed by atoms with Gasteiger partial charge < -0.3 is 5.11 Å². The third-order valence-corrected chi connectivity index (χ3v) is 3.81. The van der Waals surface area contributed by atoms with E-state index in [0.717, 1.165) is 18.5 Å². The summed E-state index contributed by atoms with van der Waals surface area (Å²) in [6.45, 7) is 7.39. The number of carboxylic acids is 1. The molecule has 2 rings (SSSR count). The fraction of sp³-hybridized carbons (Fsp3) is 0.562. The standard InChI is InChI=1S/C16H23N3O2/c1-4-5-6-10-16(2,3)11-19-13-9-7-8-12(15(20)21)14(13)17-18-19/h7-9H,4-6,10-11H2,1-3H3,(H,20,21). The summed E-state index contributed by atoms with van der Waals surface area (Å²) in [6, 6.07) is 5.19. The number of aromatic nitrogens is 3. The zero-order valence-electron chi connectivity index (χ0n) is 13.0. The fourth-order valence-corrected chi connectivity index (χ4v) is 2.62. The van der Waals surface area contributed by atoms with Gasteiger partial charge >= 0.3 is 5.97 Å². The lowest BCUT2D eigenvalue weighted by Crippen LogP contribution is -2.20. The molecule has 2 aromatic rings. The maximum absolute atomic E-state index is 11.2. The summed E-state index contributed by atoms with van der Waals surface area (Å²) in [7, 11) is 0. The topological polar surface area (TPSA) is 68.0 Å². The molecule has 0 unspecified atom stereocenters. The molecule has 0 amide bonds. The summed E-state index contributed by atoms with van der Waals surface area (Å²) < 4.78 is 1.83. The van der Waals surface area contributed by atoms with E-state index in [1.807, 2.05) is 10.7 Å². The molecular formula is C16H23N3O2. The molecule has 1 N–H and O–H groups in total. The van der Waals surface area contributed by atoms with Gasteiger partial charge in [0.2, 0.25) is 0 Å². The van der Waals surface area contributed by atoms with Gasteiger partial charge in [0.15, 0.2) is 0 Å². The van der Waals surface area contributed by atoms with Crippen molar-refractivity contribution in [3.8, 4) is 0 Å². The van der Waals surface area contributed by atoms with Gasteiger partial charge in [-0.05, 0) is 24.0 Å². The van der Waals surface area contributed by atoms with Crippen molar-refractivity contribution in [1.29, 1.82) is 0 Å². The predicted molar refractivity (Wildman–Crippen MR) is 82.4 cm³/mol. The molecule has 0 saturated heterocycles. The number of unbranched alkanes of at least 4 members (excludes halogenated alkanes) is 2. The van der Waals surface area contributed by atoms with Crippen molar-refractivity contribution in [2.75, 3.05) is 0 Å². The van der Waals surface area contributed by atoms with Gasteiger partial charge in [-0.25, -0.2) is 9.48 Å². The Kier molecular flexibility index (Phi) is 4.60. The fourth-order valence-electron chi connectivity index (χ4n) is 2.62. The highest BCUT2D eigenvalue weighted by molar-refractivity contribution is 6.00. The van der Waals surface area contributed by atoms with Crippen molar-refractivity contribution in [2.45, 2.75) is 53.0 Å². The normalized spacial score (nSPS) is 12.0. The van der Waals surface area contributed by atoms with Crippen LogP contribution < -0.4 is 0 Å². The monoisotopic (exact) mass is 289 g/mol. The molecule has 1 aromatic heterocycles. The predicted octanol–water partition coefficient (Wildman–Crippen LogP) is 3.74. The van der Waals surface area contributed by atoms with E-state index in [-0.39, 0.29) is 11.0 Å². The molecular weight excluding hydrogens is 266 g/mol. The highest BCUT2D eigenvalue weighted by Crippen LogP contribution is 2.27. The molecule has 21 heavy (non-hydrogen) atoms. The van der Waals surface area contributed by atoms with Crippen LogP contribution >= 0.6 is 0 Å². The molecule has 0 bridgehead atoms. The lowest BCUT2D eigenvalue weighted by molar-refractivity contribution is 0.0699. The first-order chi connectivity index (χ1) is 9.94. The summed E-state index contributed by atoms with van der Waals surface area (Å²) >= 11 is 0. The van der Waals surface area contributed by atoms with E-state index in [2.05, 4.69) is 31.1 Å². The molecule has 5 nitrogen and oxygen atoms in total. The average Bonchev–Trinajstić information content (AvgIpc) is 2.81. The van der Waals surface area contributed by atoms with Crippen molar-refractivity contribution in [3.05, 3.63) is 23.8 Å². The zero-order valence-corrected chi connectivity index (χ0v) is 13.0. The highest BCUT2D eigenvalue weighted by Gasteiger charge is 2.21. The second kappa shape index (κ2) is 6.24. The number of hydrogen-bond acceptors (Lipinski definition) is 3. The Hall–Kier alpha value is -1.91. The van der Waals surface area contributed by atoms with Gasteiger partial charge in [-0.15, -0.1) is 5.10 Å². The quantitative estimate of drug-likeness (QED) is 0.788. The Morgan fingerprint density at radius 2 is 2.10 bits per heavy atom. The van der Waals surface area contributed by atoms with E-state index in [0.29, 0.717) is 5.52 Å². The summed E-state index contributed by atoms with van der Waals surface area (Å²) in [6.07, 6.45) is 4.78. The number of benzene rings is 1. The van der Waals surface area contributed by atoms with Crippen LogP contribution in [0.5, 0.6) is 0 Å². The van der Waals surface area contributed by atoms with Crippen molar-refractivity contribution < 1.29 is 9.90 Å². The minimum absolute atomic E-state index is 0.120. The number of carbonyl (C=O) groups is 1. The van der Waals surface area contributed by atoms with Crippen LogP contribution in [0.2, 0.25) is 0 Å². The third kappa shape index (κ3) is 3.60. The number of rotatable bonds is 7. The molecule has 1 heterocycles. The first-order valence-electron chi connectivity index (χ1n) is 7.50. The van der Waals surface area contributed by atoms with Crippen LogP contribution in [-0.2, 0) is 6.54 Å². The average molecular weight is 289 g/mol. The SMILES string of the molecule is CCCCCC(C)(C)Cn1nnc2c(C(=O)O)cccc21. The molecule has 0 saturated carbocycles. The summed E-state index contributed by atoms with van der Waals surface area (Å²) in [5.41, 5.74) is 1.59. The van der Waals surface area contributed by atoms with Crippen molar-refractivity contribution >= 4 is 17.0 Å². The molecule has 0 aliphatic heterocycles. The van der Waals surface area contributed by atoms with Crippen LogP contribution in [0.1, 0.15) is 56.8 Å². The van der Waals surface area contributed by atoms with Crippen molar-refractivity contribution in [1.82, 2.24) is 15.0 Å². The van der Waals surface area contributed by atoms with E-state index in [1.54, 1.807) is 12.1 Å². The van der Waals surface area contributed by atoms with Gasteiger partial charge in [0.25, 0.3) is 0 Å². The molecule has 0 aliphatic rings. The van der Waals surface area contributed by atoms with E-state index >= 15 is 0 Å². The number of carboxylic acid groups (broad SMARTS) is 1. The van der Waals surface area contributed by atoms with Crippen LogP contribution in [0.25, 0.3) is 11.0 Å². The number of nitrogens with zero attached hydrogens (tertiary/aromatic N) is 3. The lowest BCUT2D eigenvalue weighted by atomic mass is 9.87. The Morgan fingerprint density at radius 3 is 2.76 bits per heavy atom. The van der Waals surface area contributed by atoms with Gasteiger partial charge in [0.05, 0.1) is 11.1 Å². The van der Waals surface area contributed by atoms with Crippen molar-refractivity contribution in [2.24, 2.45) is 5.41 Å². The highest BCUT2D eigenvalue weighted by atomic mass is 16.4. The van der Waals surface area contributed by atoms with Gasteiger partial charge in [-0.2, -0.15) is 0 Å². The van der Waals surface area contributed by atoms with E-state index < -0.39 is 5.97 Å². The Morgan fingerprint density at radius 1 is 1.33 bits per heavy atom. The van der Waals surface area contributed by atoms with Crippen LogP contribution in [-0.4, -0.2) is 26.1 Å². The Balaban J connectivity index is 2.23. The Labute approximate surface area is 125 Å². The first kappa shape index (κ1) is 15.5. The number of hydrogen-bond donors (Lipinski definition) is 1. The van der Waals surface area contributed by atoms with Crippen LogP contribution in [0, 0.1) is 5.41 Å². The van der Waals surface area contributed by atoms with Crippen LogP contribution in [0.4, 0.5) is 0 Å². The molecule has 0 radical (unpaired) electrons. The molecule has 0 spiro atoms. The molecule has 114 valence electrons. The molecule has 0 aliphatic carbocycles. The summed E-state index contributed by atoms with van der Waals surface area (Å²) in [5, 5.41) is 17.4. The maximum Gasteiger partial charge on any atom is 0.338 e. The molecule has 1 aromatic carbocycles. The second-order valence-corrected chi connectivity index (χ2v) is 6.35. The molecule has 5 heteroatoms. The van der Waals surface area contributed by atoms with Gasteiger partial charge in [-0.1, -0.05) is 51.3 Å². The molecule has 0 atom stereocenters. The smallest absolute Gasteiger partial charge is 0.338 e. The van der Waals surface area contributed by atoms with E-state index in [4.69, 9.17) is 0 Å². The largest absolute Gasteiger partial charge is 0.478 e. The lowest BCUT2D eigenvalue weighted by Gasteiger charge is -2.24. The number of fused-ring (bicyclic) bond motifs is 1. The summed E-state index contributed by atoms with van der Waals surface area (Å²) in [4.78, 5) is 11.2. The third-order valence-electron chi connectivity index (χ3n) is 3.81. The molecule has 0 fully saturated rings. The Bertz CT molecular complexity index is 631. The zero-order chi connectivity index (χ0) is 15.5. The van der Waals surface area contributed by atoms with Crippen LogP contribution in [0.15, 0.2) is 18.2 Å². The van der Waals surface area contributed by atoms with E-state index in [9.17, 15) is 9.90 Å². The minimum atomic E-state index is -0.963. The maximum atomic E-state index is 11.2. The number of aromatic carboxylic acids is 1. The van der Waals surface area contributed by atoms with Gasteiger partial charge in [-0.3, -0.25) is 0 Å². The summed E-state index contributed by atoms with van der Waals surface area (Å²) in [5.74, 6) is -0.963. The van der Waals surface area contributed by atoms with Crippen LogP contribution in [0.3, 0.4) is 0 Å². The van der Waals surface area contributed by atoms with E-state index in [1.165, 1.54) is 19.3 Å².